The molecule has 0 bridgehead atoms. The van der Waals surface area contributed by atoms with Crippen LogP contribution >= 0.6 is 0 Å². The normalized spacial score (nSPS) is 17.5. The summed E-state index contributed by atoms with van der Waals surface area (Å²) in [5, 5.41) is 3.23. The lowest BCUT2D eigenvalue weighted by atomic mass is 10.1. The molecule has 124 valence electrons. The molecular weight excluding hydrogens is 300 g/mol. The number of carbonyl (C=O) groups excluding carboxylic acids is 2. The molecular formula is C20H22N2O2. The van der Waals surface area contributed by atoms with Crippen molar-refractivity contribution in [3.8, 4) is 0 Å². The van der Waals surface area contributed by atoms with Gasteiger partial charge < -0.3 is 5.32 Å². The molecule has 2 aromatic rings. The van der Waals surface area contributed by atoms with Crippen molar-refractivity contribution in [2.75, 3.05) is 10.2 Å². The first kappa shape index (κ1) is 16.2. The third-order valence-corrected chi connectivity index (χ3v) is 4.32. The standard InChI is InChI=1S/C20H22N2O2/c1-4-15-7-5-6-8-18(15)22-19(23)12-17(20(22)24)21-16-10-13(2)9-14(3)11-16/h5-11,17,21H,4,12H2,1-3H3. The first-order valence-electron chi connectivity index (χ1n) is 8.29. The molecule has 1 fully saturated rings. The van der Waals surface area contributed by atoms with E-state index in [0.717, 1.165) is 28.8 Å². The zero-order chi connectivity index (χ0) is 17.3. The molecule has 1 aliphatic rings. The van der Waals surface area contributed by atoms with Gasteiger partial charge in [0.1, 0.15) is 6.04 Å². The fraction of sp³-hybridized carbons (Fsp3) is 0.300. The Labute approximate surface area is 142 Å². The quantitative estimate of drug-likeness (QED) is 0.875. The molecule has 3 rings (SSSR count). The van der Waals surface area contributed by atoms with E-state index in [2.05, 4.69) is 11.4 Å². The van der Waals surface area contributed by atoms with E-state index in [4.69, 9.17) is 0 Å². The van der Waals surface area contributed by atoms with E-state index in [9.17, 15) is 9.59 Å². The van der Waals surface area contributed by atoms with Gasteiger partial charge in [-0.05, 0) is 55.2 Å². The number of nitrogens with one attached hydrogen (secondary N) is 1. The lowest BCUT2D eigenvalue weighted by Gasteiger charge is -2.19. The Morgan fingerprint density at radius 2 is 1.75 bits per heavy atom. The number of imide groups is 1. The van der Waals surface area contributed by atoms with Gasteiger partial charge in [-0.15, -0.1) is 0 Å². The van der Waals surface area contributed by atoms with Crippen LogP contribution in [0.25, 0.3) is 0 Å². The van der Waals surface area contributed by atoms with E-state index in [1.54, 1.807) is 0 Å². The molecule has 2 aromatic carbocycles. The predicted molar refractivity (Wildman–Crippen MR) is 96.3 cm³/mol. The minimum atomic E-state index is -0.511. The first-order chi connectivity index (χ1) is 11.5. The van der Waals surface area contributed by atoms with E-state index in [1.165, 1.54) is 4.90 Å². The second-order valence-corrected chi connectivity index (χ2v) is 6.33. The van der Waals surface area contributed by atoms with Crippen molar-refractivity contribution in [2.45, 2.75) is 39.7 Å². The van der Waals surface area contributed by atoms with E-state index >= 15 is 0 Å². The number of hydrogen-bond acceptors (Lipinski definition) is 3. The summed E-state index contributed by atoms with van der Waals surface area (Å²) < 4.78 is 0. The molecule has 1 atom stereocenters. The van der Waals surface area contributed by atoms with Crippen LogP contribution in [0.5, 0.6) is 0 Å². The van der Waals surface area contributed by atoms with Gasteiger partial charge in [-0.25, -0.2) is 4.90 Å². The third kappa shape index (κ3) is 3.04. The Kier molecular flexibility index (Phi) is 4.38. The number of rotatable bonds is 4. The van der Waals surface area contributed by atoms with Gasteiger partial charge in [-0.1, -0.05) is 31.2 Å². The van der Waals surface area contributed by atoms with Crippen molar-refractivity contribution in [3.63, 3.8) is 0 Å². The zero-order valence-corrected chi connectivity index (χ0v) is 14.3. The number of para-hydroxylation sites is 1. The highest BCUT2D eigenvalue weighted by atomic mass is 16.2. The summed E-state index contributed by atoms with van der Waals surface area (Å²) in [5.41, 5.74) is 4.85. The fourth-order valence-electron chi connectivity index (χ4n) is 3.28. The molecule has 0 spiro atoms. The van der Waals surface area contributed by atoms with Crippen LogP contribution in [-0.2, 0) is 16.0 Å². The van der Waals surface area contributed by atoms with Crippen molar-refractivity contribution in [2.24, 2.45) is 0 Å². The highest BCUT2D eigenvalue weighted by Crippen LogP contribution is 2.28. The lowest BCUT2D eigenvalue weighted by molar-refractivity contribution is -0.121. The van der Waals surface area contributed by atoms with Gasteiger partial charge >= 0.3 is 0 Å². The van der Waals surface area contributed by atoms with Crippen LogP contribution in [0.1, 0.15) is 30.0 Å². The van der Waals surface area contributed by atoms with Gasteiger partial charge in [0.25, 0.3) is 5.91 Å². The maximum absolute atomic E-state index is 12.8. The number of carbonyl (C=O) groups is 2. The molecule has 2 amide bonds. The second kappa shape index (κ2) is 6.48. The summed E-state index contributed by atoms with van der Waals surface area (Å²) in [6.07, 6.45) is 0.965. The van der Waals surface area contributed by atoms with Crippen molar-refractivity contribution in [3.05, 3.63) is 59.2 Å². The maximum Gasteiger partial charge on any atom is 0.256 e. The van der Waals surface area contributed by atoms with E-state index in [-0.39, 0.29) is 18.2 Å². The molecule has 1 saturated heterocycles. The number of amides is 2. The highest BCUT2D eigenvalue weighted by Gasteiger charge is 2.40. The first-order valence-corrected chi connectivity index (χ1v) is 8.29. The summed E-state index contributed by atoms with van der Waals surface area (Å²) in [7, 11) is 0. The lowest BCUT2D eigenvalue weighted by Crippen LogP contribution is -2.35. The topological polar surface area (TPSA) is 49.4 Å². The van der Waals surface area contributed by atoms with E-state index in [0.29, 0.717) is 5.69 Å². The predicted octanol–water partition coefficient (Wildman–Crippen LogP) is 3.61. The molecule has 4 nitrogen and oxygen atoms in total. The molecule has 1 N–H and O–H groups in total. The van der Waals surface area contributed by atoms with Gasteiger partial charge in [0, 0.05) is 5.69 Å². The zero-order valence-electron chi connectivity index (χ0n) is 14.3. The average Bonchev–Trinajstić information content (AvgIpc) is 2.80. The minimum Gasteiger partial charge on any atom is -0.373 e. The molecule has 0 aliphatic carbocycles. The highest BCUT2D eigenvalue weighted by molar-refractivity contribution is 6.23. The molecule has 0 radical (unpaired) electrons. The SMILES string of the molecule is CCc1ccccc1N1C(=O)CC(Nc2cc(C)cc(C)c2)C1=O. The largest absolute Gasteiger partial charge is 0.373 e. The van der Waals surface area contributed by atoms with Crippen molar-refractivity contribution in [1.29, 1.82) is 0 Å². The maximum atomic E-state index is 12.8. The third-order valence-electron chi connectivity index (χ3n) is 4.32. The Hall–Kier alpha value is -2.62. The summed E-state index contributed by atoms with van der Waals surface area (Å²) in [4.78, 5) is 26.6. The van der Waals surface area contributed by atoms with Crippen LogP contribution in [0.3, 0.4) is 0 Å². The van der Waals surface area contributed by atoms with Crippen LogP contribution < -0.4 is 10.2 Å². The summed E-state index contributed by atoms with van der Waals surface area (Å²) in [6, 6.07) is 13.1. The van der Waals surface area contributed by atoms with E-state index < -0.39 is 6.04 Å². The Bertz CT molecular complexity index is 778. The molecule has 24 heavy (non-hydrogen) atoms. The van der Waals surface area contributed by atoms with Crippen LogP contribution in [-0.4, -0.2) is 17.9 Å². The molecule has 1 aliphatic heterocycles. The van der Waals surface area contributed by atoms with Crippen LogP contribution in [0, 0.1) is 13.8 Å². The molecule has 4 heteroatoms. The van der Waals surface area contributed by atoms with Gasteiger partial charge in [0.2, 0.25) is 5.91 Å². The second-order valence-electron chi connectivity index (χ2n) is 6.33. The summed E-state index contributed by atoms with van der Waals surface area (Å²) in [6.45, 7) is 6.06. The molecule has 0 saturated carbocycles. The average molecular weight is 322 g/mol. The Morgan fingerprint density at radius 3 is 2.42 bits per heavy atom. The smallest absolute Gasteiger partial charge is 0.256 e. The summed E-state index contributed by atoms with van der Waals surface area (Å²) >= 11 is 0. The molecule has 0 aromatic heterocycles. The van der Waals surface area contributed by atoms with Gasteiger partial charge in [-0.2, -0.15) is 0 Å². The summed E-state index contributed by atoms with van der Waals surface area (Å²) in [5.74, 6) is -0.331. The number of hydrogen-bond donors (Lipinski definition) is 1. The number of anilines is 2. The molecule has 1 unspecified atom stereocenters. The van der Waals surface area contributed by atoms with Crippen molar-refractivity contribution >= 4 is 23.2 Å². The van der Waals surface area contributed by atoms with Gasteiger partial charge in [-0.3, -0.25) is 9.59 Å². The van der Waals surface area contributed by atoms with Crippen LogP contribution in [0.4, 0.5) is 11.4 Å². The fourth-order valence-corrected chi connectivity index (χ4v) is 3.28. The van der Waals surface area contributed by atoms with Gasteiger partial charge in [0.05, 0.1) is 12.1 Å². The van der Waals surface area contributed by atoms with Crippen molar-refractivity contribution in [1.82, 2.24) is 0 Å². The number of aryl methyl sites for hydroxylation is 3. The van der Waals surface area contributed by atoms with Crippen LogP contribution in [0.2, 0.25) is 0 Å². The number of benzene rings is 2. The molecule has 1 heterocycles. The van der Waals surface area contributed by atoms with E-state index in [1.807, 2.05) is 57.2 Å². The van der Waals surface area contributed by atoms with Crippen LogP contribution in [0.15, 0.2) is 42.5 Å². The minimum absolute atomic E-state index is 0.150. The van der Waals surface area contributed by atoms with Gasteiger partial charge in [0.15, 0.2) is 0 Å². The monoisotopic (exact) mass is 322 g/mol. The Balaban J connectivity index is 1.86. The van der Waals surface area contributed by atoms with Crippen molar-refractivity contribution < 1.29 is 9.59 Å². The number of nitrogens with zero attached hydrogens (tertiary/aromatic N) is 1. The Morgan fingerprint density at radius 1 is 1.08 bits per heavy atom.